The first-order valence-electron chi connectivity index (χ1n) is 7.37. The van der Waals surface area contributed by atoms with Gasteiger partial charge >= 0.3 is 0 Å². The van der Waals surface area contributed by atoms with Gasteiger partial charge in [0.1, 0.15) is 10.6 Å². The van der Waals surface area contributed by atoms with Crippen LogP contribution in [0.3, 0.4) is 0 Å². The fourth-order valence-corrected chi connectivity index (χ4v) is 3.97. The molecule has 1 heterocycles. The number of likely N-dealkylation sites (N-methyl/N-ethyl adjacent to an activating group) is 1. The third-order valence-corrected chi connectivity index (χ3v) is 5.51. The topological polar surface area (TPSA) is 63.6 Å². The van der Waals surface area contributed by atoms with E-state index < -0.39 is 10.0 Å². The zero-order valence-electron chi connectivity index (χ0n) is 14.2. The molecule has 0 aliphatic carbocycles. The van der Waals surface area contributed by atoms with Gasteiger partial charge in [-0.05, 0) is 44.4 Å². The second-order valence-electron chi connectivity index (χ2n) is 5.67. The van der Waals surface area contributed by atoms with Crippen LogP contribution in [0.4, 0.5) is 0 Å². The lowest BCUT2D eigenvalue weighted by Gasteiger charge is -2.25. The zero-order valence-corrected chi connectivity index (χ0v) is 15.7. The number of aryl methyl sites for hydroxylation is 1. The smallest absolute Gasteiger partial charge is 0.244 e. The molecule has 1 aromatic carbocycles. The molecule has 1 N–H and O–H groups in total. The molecule has 24 heavy (non-hydrogen) atoms. The van der Waals surface area contributed by atoms with E-state index in [1.54, 1.807) is 6.07 Å². The van der Waals surface area contributed by atoms with Crippen LogP contribution in [0, 0.1) is 0 Å². The average Bonchev–Trinajstić information content (AvgIpc) is 2.93. The van der Waals surface area contributed by atoms with Crippen LogP contribution in [0.15, 0.2) is 41.4 Å². The molecule has 0 bridgehead atoms. The summed E-state index contributed by atoms with van der Waals surface area (Å²) in [7, 11) is 3.42. The molecule has 0 aliphatic heterocycles. The molecular formula is C16H22ClN3O3S. The molecule has 6 nitrogen and oxygen atoms in total. The van der Waals surface area contributed by atoms with Crippen molar-refractivity contribution in [3.63, 3.8) is 0 Å². The number of rotatable bonds is 7. The van der Waals surface area contributed by atoms with E-state index in [2.05, 4.69) is 4.72 Å². The molecule has 8 heteroatoms. The molecule has 1 atom stereocenters. The minimum Gasteiger partial charge on any atom is -0.495 e. The number of hydrogen-bond donors (Lipinski definition) is 1. The predicted molar refractivity (Wildman–Crippen MR) is 95.0 cm³/mol. The fraction of sp³-hybridized carbons (Fsp3) is 0.375. The Balaban J connectivity index is 2.26. The lowest BCUT2D eigenvalue weighted by molar-refractivity contribution is 0.289. The Labute approximate surface area is 148 Å². The SMILES string of the molecule is COc1ccc(Cl)cc1S(=O)(=O)NCC(c1cccn1C)N(C)C. The van der Waals surface area contributed by atoms with E-state index in [1.165, 1.54) is 19.2 Å². The summed E-state index contributed by atoms with van der Waals surface area (Å²) in [5.41, 5.74) is 1.01. The van der Waals surface area contributed by atoms with E-state index >= 15 is 0 Å². The summed E-state index contributed by atoms with van der Waals surface area (Å²) >= 11 is 5.94. The molecule has 0 saturated heterocycles. The number of nitrogens with zero attached hydrogens (tertiary/aromatic N) is 2. The van der Waals surface area contributed by atoms with Crippen LogP contribution in [0.5, 0.6) is 5.75 Å². The van der Waals surface area contributed by atoms with Gasteiger partial charge in [-0.3, -0.25) is 4.90 Å². The second kappa shape index (κ2) is 7.57. The van der Waals surface area contributed by atoms with Crippen LogP contribution in [-0.4, -0.2) is 45.6 Å². The Bertz CT molecular complexity index is 803. The van der Waals surface area contributed by atoms with E-state index in [1.807, 2.05) is 48.9 Å². The number of methoxy groups -OCH3 is 1. The minimum absolute atomic E-state index is 0.0295. The fourth-order valence-electron chi connectivity index (χ4n) is 2.50. The van der Waals surface area contributed by atoms with Crippen molar-refractivity contribution in [2.24, 2.45) is 7.05 Å². The monoisotopic (exact) mass is 371 g/mol. The molecule has 1 unspecified atom stereocenters. The van der Waals surface area contributed by atoms with E-state index in [0.717, 1.165) is 5.69 Å². The van der Waals surface area contributed by atoms with Gasteiger partial charge < -0.3 is 9.30 Å². The molecule has 0 spiro atoms. The lowest BCUT2D eigenvalue weighted by Crippen LogP contribution is -2.35. The number of nitrogens with one attached hydrogen (secondary N) is 1. The zero-order chi connectivity index (χ0) is 17.9. The highest BCUT2D eigenvalue weighted by Crippen LogP contribution is 2.27. The molecule has 0 radical (unpaired) electrons. The standard InChI is InChI=1S/C16H22ClN3O3S/c1-19(2)14(13-6-5-9-20(13)3)11-18-24(21,22)16-10-12(17)7-8-15(16)23-4/h5-10,14,18H,11H2,1-4H3. The Kier molecular flexibility index (Phi) is 5.92. The third kappa shape index (κ3) is 4.10. The highest BCUT2D eigenvalue weighted by atomic mass is 35.5. The first-order chi connectivity index (χ1) is 11.3. The summed E-state index contributed by atoms with van der Waals surface area (Å²) in [6, 6.07) is 8.31. The van der Waals surface area contributed by atoms with Crippen molar-refractivity contribution < 1.29 is 13.2 Å². The van der Waals surface area contributed by atoms with E-state index in [9.17, 15) is 8.42 Å². The third-order valence-electron chi connectivity index (χ3n) is 3.83. The van der Waals surface area contributed by atoms with Crippen molar-refractivity contribution >= 4 is 21.6 Å². The number of sulfonamides is 1. The maximum atomic E-state index is 12.7. The Morgan fingerprint density at radius 1 is 1.33 bits per heavy atom. The van der Waals surface area contributed by atoms with Crippen molar-refractivity contribution in [3.05, 3.63) is 47.2 Å². The number of aromatic nitrogens is 1. The van der Waals surface area contributed by atoms with Crippen LogP contribution in [0.2, 0.25) is 5.02 Å². The van der Waals surface area contributed by atoms with Gasteiger partial charge in [0.25, 0.3) is 0 Å². The highest BCUT2D eigenvalue weighted by Gasteiger charge is 2.24. The van der Waals surface area contributed by atoms with Gasteiger partial charge in [-0.2, -0.15) is 0 Å². The summed E-state index contributed by atoms with van der Waals surface area (Å²) in [5.74, 6) is 0.257. The average molecular weight is 372 g/mol. The molecule has 0 aliphatic rings. The van der Waals surface area contributed by atoms with Gasteiger partial charge in [0, 0.05) is 30.5 Å². The maximum Gasteiger partial charge on any atom is 0.244 e. The lowest BCUT2D eigenvalue weighted by atomic mass is 10.2. The van der Waals surface area contributed by atoms with Crippen LogP contribution < -0.4 is 9.46 Å². The normalized spacial score (nSPS) is 13.2. The van der Waals surface area contributed by atoms with Crippen molar-refractivity contribution in [3.8, 4) is 5.75 Å². The van der Waals surface area contributed by atoms with Crippen LogP contribution in [0.1, 0.15) is 11.7 Å². The highest BCUT2D eigenvalue weighted by molar-refractivity contribution is 7.89. The summed E-state index contributed by atoms with van der Waals surface area (Å²) < 4.78 is 35.1. The molecular weight excluding hydrogens is 350 g/mol. The Morgan fingerprint density at radius 2 is 2.04 bits per heavy atom. The Morgan fingerprint density at radius 3 is 2.58 bits per heavy atom. The minimum atomic E-state index is -3.75. The van der Waals surface area contributed by atoms with E-state index in [0.29, 0.717) is 5.02 Å². The first-order valence-corrected chi connectivity index (χ1v) is 9.23. The van der Waals surface area contributed by atoms with Gasteiger partial charge in [0.15, 0.2) is 0 Å². The van der Waals surface area contributed by atoms with E-state index in [4.69, 9.17) is 16.3 Å². The second-order valence-corrected chi connectivity index (χ2v) is 7.84. The molecule has 0 saturated carbocycles. The van der Waals surface area contributed by atoms with Crippen molar-refractivity contribution in [1.29, 1.82) is 0 Å². The number of halogens is 1. The van der Waals surface area contributed by atoms with Gasteiger partial charge in [-0.25, -0.2) is 13.1 Å². The van der Waals surface area contributed by atoms with Crippen molar-refractivity contribution in [1.82, 2.24) is 14.2 Å². The molecule has 0 fully saturated rings. The summed E-state index contributed by atoms with van der Waals surface area (Å²) in [4.78, 5) is 1.99. The maximum absolute atomic E-state index is 12.7. The van der Waals surface area contributed by atoms with E-state index in [-0.39, 0.29) is 23.2 Å². The Hall–Kier alpha value is -1.54. The summed E-state index contributed by atoms with van der Waals surface area (Å²) in [6.07, 6.45) is 1.93. The number of hydrogen-bond acceptors (Lipinski definition) is 4. The van der Waals surface area contributed by atoms with Gasteiger partial charge in [-0.15, -0.1) is 0 Å². The largest absolute Gasteiger partial charge is 0.495 e. The number of benzene rings is 1. The van der Waals surface area contributed by atoms with Crippen molar-refractivity contribution in [2.45, 2.75) is 10.9 Å². The molecule has 132 valence electrons. The van der Waals surface area contributed by atoms with Crippen molar-refractivity contribution in [2.75, 3.05) is 27.7 Å². The number of ether oxygens (including phenoxy) is 1. The molecule has 0 amide bonds. The quantitative estimate of drug-likeness (QED) is 0.811. The summed E-state index contributed by atoms with van der Waals surface area (Å²) in [5, 5.41) is 0.336. The van der Waals surface area contributed by atoms with Crippen LogP contribution >= 0.6 is 11.6 Å². The summed E-state index contributed by atoms with van der Waals surface area (Å²) in [6.45, 7) is 0.225. The van der Waals surface area contributed by atoms with Crippen LogP contribution in [0.25, 0.3) is 0 Å². The molecule has 2 aromatic rings. The van der Waals surface area contributed by atoms with Gasteiger partial charge in [0.2, 0.25) is 10.0 Å². The first kappa shape index (κ1) is 18.8. The van der Waals surface area contributed by atoms with Gasteiger partial charge in [-0.1, -0.05) is 11.6 Å². The molecule has 1 aromatic heterocycles. The molecule has 2 rings (SSSR count). The predicted octanol–water partition coefficient (Wildman–Crippen LogP) is 2.27. The van der Waals surface area contributed by atoms with Crippen LogP contribution in [-0.2, 0) is 17.1 Å². The van der Waals surface area contributed by atoms with Gasteiger partial charge in [0.05, 0.1) is 13.2 Å².